The van der Waals surface area contributed by atoms with E-state index < -0.39 is 6.23 Å². The molecule has 1 unspecified atom stereocenters. The van der Waals surface area contributed by atoms with E-state index in [1.54, 1.807) is 0 Å². The largest absolute Gasteiger partial charge is 0.442 e. The van der Waals surface area contributed by atoms with Gasteiger partial charge in [-0.2, -0.15) is 0 Å². The second-order valence-electron chi connectivity index (χ2n) is 13.4. The van der Waals surface area contributed by atoms with E-state index in [9.17, 15) is 9.59 Å². The molecule has 0 fully saturated rings. The zero-order chi connectivity index (χ0) is 31.5. The van der Waals surface area contributed by atoms with E-state index in [0.29, 0.717) is 19.3 Å². The second kappa shape index (κ2) is 35.4. The van der Waals surface area contributed by atoms with Crippen LogP contribution in [0.5, 0.6) is 0 Å². The van der Waals surface area contributed by atoms with Gasteiger partial charge in [0.05, 0.1) is 0 Å². The SMILES string of the molecule is CCCCCCCCCCCCCCCCCC(=O)NC(CC)OC(=O)CCCCCCCCCCCCCCCCC. The molecule has 0 rings (SSSR count). The number of carbonyl (C=O) groups is 2. The van der Waals surface area contributed by atoms with Crippen LogP contribution in [-0.2, 0) is 14.3 Å². The highest BCUT2D eigenvalue weighted by atomic mass is 16.6. The summed E-state index contributed by atoms with van der Waals surface area (Å²) in [5.74, 6) is -0.157. The molecule has 0 aliphatic carbocycles. The summed E-state index contributed by atoms with van der Waals surface area (Å²) in [5, 5.41) is 2.92. The molecule has 0 aliphatic heterocycles. The van der Waals surface area contributed by atoms with Gasteiger partial charge in [0.15, 0.2) is 6.23 Å². The molecule has 0 aromatic carbocycles. The number of hydrogen-bond donors (Lipinski definition) is 1. The molecule has 0 spiro atoms. The quantitative estimate of drug-likeness (QED) is 0.0443. The first kappa shape index (κ1) is 41.9. The lowest BCUT2D eigenvalue weighted by Crippen LogP contribution is -2.37. The van der Waals surface area contributed by atoms with Crippen molar-refractivity contribution in [3.8, 4) is 0 Å². The third-order valence-corrected chi connectivity index (χ3v) is 8.96. The van der Waals surface area contributed by atoms with Gasteiger partial charge in [0.2, 0.25) is 5.91 Å². The van der Waals surface area contributed by atoms with E-state index in [1.165, 1.54) is 167 Å². The lowest BCUT2D eigenvalue weighted by molar-refractivity contribution is -0.152. The molecule has 43 heavy (non-hydrogen) atoms. The van der Waals surface area contributed by atoms with E-state index in [4.69, 9.17) is 4.74 Å². The van der Waals surface area contributed by atoms with Gasteiger partial charge in [-0.1, -0.05) is 201 Å². The molecule has 0 saturated heterocycles. The smallest absolute Gasteiger partial charge is 0.307 e. The number of carbonyl (C=O) groups excluding carboxylic acids is 2. The van der Waals surface area contributed by atoms with Crippen molar-refractivity contribution in [1.82, 2.24) is 5.32 Å². The van der Waals surface area contributed by atoms with E-state index in [2.05, 4.69) is 19.2 Å². The van der Waals surface area contributed by atoms with Crippen LogP contribution < -0.4 is 5.32 Å². The molecule has 0 bridgehead atoms. The Kier molecular flexibility index (Phi) is 34.5. The first-order chi connectivity index (χ1) is 21.1. The van der Waals surface area contributed by atoms with Gasteiger partial charge in [0.1, 0.15) is 0 Å². The van der Waals surface area contributed by atoms with Crippen molar-refractivity contribution < 1.29 is 14.3 Å². The average molecular weight is 608 g/mol. The van der Waals surface area contributed by atoms with Gasteiger partial charge < -0.3 is 10.1 Å². The second-order valence-corrected chi connectivity index (χ2v) is 13.4. The number of ether oxygens (including phenoxy) is 1. The van der Waals surface area contributed by atoms with E-state index in [1.807, 2.05) is 6.92 Å². The summed E-state index contributed by atoms with van der Waals surface area (Å²) >= 11 is 0. The Labute approximate surface area is 270 Å². The Morgan fingerprint density at radius 3 is 1.00 bits per heavy atom. The molecule has 0 aromatic rings. The molecule has 0 heterocycles. The van der Waals surface area contributed by atoms with Crippen LogP contribution in [0.15, 0.2) is 0 Å². The number of nitrogens with one attached hydrogen (secondary N) is 1. The van der Waals surface area contributed by atoms with Crippen LogP contribution in [-0.4, -0.2) is 18.1 Å². The normalized spacial score (nSPS) is 12.0. The van der Waals surface area contributed by atoms with Crippen molar-refractivity contribution in [2.24, 2.45) is 0 Å². The van der Waals surface area contributed by atoms with Crippen LogP contribution >= 0.6 is 0 Å². The molecule has 0 aliphatic rings. The van der Waals surface area contributed by atoms with E-state index >= 15 is 0 Å². The fraction of sp³-hybridized carbons (Fsp3) is 0.949. The van der Waals surface area contributed by atoms with Gasteiger partial charge in [-0.15, -0.1) is 0 Å². The van der Waals surface area contributed by atoms with Crippen molar-refractivity contribution in [3.63, 3.8) is 0 Å². The third kappa shape index (κ3) is 33.7. The van der Waals surface area contributed by atoms with Crippen LogP contribution in [0, 0.1) is 0 Å². The minimum absolute atomic E-state index is 0.0151. The number of rotatable bonds is 35. The highest BCUT2D eigenvalue weighted by Gasteiger charge is 2.14. The maximum Gasteiger partial charge on any atom is 0.307 e. The Morgan fingerprint density at radius 2 is 0.698 bits per heavy atom. The van der Waals surface area contributed by atoms with Crippen LogP contribution in [0.3, 0.4) is 0 Å². The molecule has 0 saturated carbocycles. The third-order valence-electron chi connectivity index (χ3n) is 8.96. The molecule has 4 nitrogen and oxygen atoms in total. The molecule has 0 radical (unpaired) electrons. The average Bonchev–Trinajstić information content (AvgIpc) is 3.00. The van der Waals surface area contributed by atoms with Gasteiger partial charge in [0.25, 0.3) is 0 Å². The number of amides is 1. The van der Waals surface area contributed by atoms with Gasteiger partial charge in [-0.25, -0.2) is 0 Å². The maximum atomic E-state index is 12.3. The van der Waals surface area contributed by atoms with Crippen LogP contribution in [0.25, 0.3) is 0 Å². The Balaban J connectivity index is 3.50. The summed E-state index contributed by atoms with van der Waals surface area (Å²) in [6.07, 6.45) is 40.7. The van der Waals surface area contributed by atoms with Crippen molar-refractivity contribution in [2.75, 3.05) is 0 Å². The van der Waals surface area contributed by atoms with Gasteiger partial charge in [-0.05, 0) is 12.8 Å². The predicted molar refractivity (Wildman–Crippen MR) is 187 cm³/mol. The first-order valence-corrected chi connectivity index (χ1v) is 19.6. The van der Waals surface area contributed by atoms with Crippen molar-refractivity contribution in [2.45, 2.75) is 239 Å². The van der Waals surface area contributed by atoms with Crippen molar-refractivity contribution >= 4 is 11.9 Å². The van der Waals surface area contributed by atoms with E-state index in [0.717, 1.165) is 25.7 Å². The van der Waals surface area contributed by atoms with Crippen molar-refractivity contribution in [3.05, 3.63) is 0 Å². The van der Waals surface area contributed by atoms with E-state index in [-0.39, 0.29) is 11.9 Å². The minimum atomic E-state index is -0.479. The summed E-state index contributed by atoms with van der Waals surface area (Å²) in [5.41, 5.74) is 0. The Hall–Kier alpha value is -1.06. The Morgan fingerprint density at radius 1 is 0.419 bits per heavy atom. The summed E-state index contributed by atoms with van der Waals surface area (Å²) in [6.45, 7) is 6.52. The highest BCUT2D eigenvalue weighted by molar-refractivity contribution is 5.76. The fourth-order valence-corrected chi connectivity index (χ4v) is 5.98. The maximum absolute atomic E-state index is 12.3. The summed E-state index contributed by atoms with van der Waals surface area (Å²) in [4.78, 5) is 24.6. The molecule has 1 amide bonds. The molecular formula is C39H77NO3. The number of hydrogen-bond acceptors (Lipinski definition) is 3. The van der Waals surface area contributed by atoms with Gasteiger partial charge in [0, 0.05) is 19.3 Å². The number of esters is 1. The monoisotopic (exact) mass is 608 g/mol. The Bertz CT molecular complexity index is 531. The topological polar surface area (TPSA) is 55.4 Å². The number of unbranched alkanes of at least 4 members (excludes halogenated alkanes) is 28. The standard InChI is InChI=1S/C39H77NO3/c1-4-7-9-11-13-15-17-19-21-23-25-27-29-31-33-35-37(41)40-38(6-3)43-39(42)36-34-32-30-28-26-24-22-20-18-16-14-12-10-8-5-2/h38H,4-36H2,1-3H3,(H,40,41). The first-order valence-electron chi connectivity index (χ1n) is 19.6. The van der Waals surface area contributed by atoms with Crippen LogP contribution in [0.2, 0.25) is 0 Å². The summed E-state index contributed by atoms with van der Waals surface area (Å²) in [7, 11) is 0. The molecule has 256 valence electrons. The molecule has 1 N–H and O–H groups in total. The molecular weight excluding hydrogens is 530 g/mol. The predicted octanol–water partition coefficient (Wildman–Crippen LogP) is 12.9. The lowest BCUT2D eigenvalue weighted by atomic mass is 10.0. The molecule has 1 atom stereocenters. The summed E-state index contributed by atoms with van der Waals surface area (Å²) in [6, 6.07) is 0. The zero-order valence-electron chi connectivity index (χ0n) is 29.6. The summed E-state index contributed by atoms with van der Waals surface area (Å²) < 4.78 is 5.55. The zero-order valence-corrected chi connectivity index (χ0v) is 29.6. The van der Waals surface area contributed by atoms with Gasteiger partial charge in [-0.3, -0.25) is 9.59 Å². The fourth-order valence-electron chi connectivity index (χ4n) is 5.98. The molecule has 4 heteroatoms. The minimum Gasteiger partial charge on any atom is -0.442 e. The lowest BCUT2D eigenvalue weighted by Gasteiger charge is -2.17. The highest BCUT2D eigenvalue weighted by Crippen LogP contribution is 2.15. The van der Waals surface area contributed by atoms with Crippen molar-refractivity contribution in [1.29, 1.82) is 0 Å². The molecule has 0 aromatic heterocycles. The van der Waals surface area contributed by atoms with Crippen LogP contribution in [0.1, 0.15) is 233 Å². The van der Waals surface area contributed by atoms with Crippen LogP contribution in [0.4, 0.5) is 0 Å². The van der Waals surface area contributed by atoms with Gasteiger partial charge >= 0.3 is 5.97 Å².